The summed E-state index contributed by atoms with van der Waals surface area (Å²) in [5.74, 6) is -0.404. The van der Waals surface area contributed by atoms with Crippen molar-refractivity contribution < 1.29 is 14.6 Å². The lowest BCUT2D eigenvalue weighted by atomic mass is 10.2. The highest BCUT2D eigenvalue weighted by Gasteiger charge is 2.18. The summed E-state index contributed by atoms with van der Waals surface area (Å²) in [4.78, 5) is 20.1. The van der Waals surface area contributed by atoms with Gasteiger partial charge in [-0.25, -0.2) is 9.97 Å². The molecule has 0 aliphatic heterocycles. The molecule has 0 bridgehead atoms. The van der Waals surface area contributed by atoms with E-state index < -0.39 is 5.91 Å². The second-order valence-corrected chi connectivity index (χ2v) is 4.87. The molecule has 1 unspecified atom stereocenters. The van der Waals surface area contributed by atoms with Crippen LogP contribution in [0.1, 0.15) is 16.9 Å². The monoisotopic (exact) mass is 305 g/mol. The number of nitrogens with one attached hydrogen (secondary N) is 1. The molecule has 0 radical (unpaired) electrons. The second kappa shape index (κ2) is 8.31. The van der Waals surface area contributed by atoms with Gasteiger partial charge in [-0.05, 0) is 12.7 Å². The van der Waals surface area contributed by atoms with Crippen LogP contribution in [0.3, 0.4) is 0 Å². The Hall–Kier alpha value is -0.890. The number of ether oxygens (including phenoxy) is 1. The number of halogens is 1. The van der Waals surface area contributed by atoms with E-state index >= 15 is 0 Å². The average Bonchev–Trinajstić information content (AvgIpc) is 2.39. The molecule has 1 rings (SSSR count). The van der Waals surface area contributed by atoms with E-state index in [-0.39, 0.29) is 23.4 Å². The van der Waals surface area contributed by atoms with Gasteiger partial charge in [0, 0.05) is 13.7 Å². The van der Waals surface area contributed by atoms with E-state index in [1.165, 1.54) is 25.1 Å². The number of rotatable bonds is 7. The summed E-state index contributed by atoms with van der Waals surface area (Å²) in [5, 5.41) is 12.3. The van der Waals surface area contributed by atoms with Gasteiger partial charge in [-0.2, -0.15) is 0 Å². The number of carbonyl (C=O) groups excluding carboxylic acids is 1. The molecular formula is C11H16ClN3O3S. The zero-order valence-corrected chi connectivity index (χ0v) is 12.3. The van der Waals surface area contributed by atoms with Crippen LogP contribution in [0.25, 0.3) is 0 Å². The van der Waals surface area contributed by atoms with Crippen LogP contribution in [0.2, 0.25) is 5.02 Å². The van der Waals surface area contributed by atoms with Crippen LogP contribution >= 0.6 is 23.4 Å². The number of aliphatic hydroxyl groups excluding tert-OH is 1. The van der Waals surface area contributed by atoms with Gasteiger partial charge >= 0.3 is 0 Å². The van der Waals surface area contributed by atoms with Crippen molar-refractivity contribution in [2.45, 2.75) is 17.6 Å². The van der Waals surface area contributed by atoms with Crippen molar-refractivity contribution in [3.05, 3.63) is 16.9 Å². The molecule has 8 heteroatoms. The maximum Gasteiger partial charge on any atom is 0.271 e. The lowest BCUT2D eigenvalue weighted by Gasteiger charge is -2.16. The number of nitrogens with zero attached hydrogens (tertiary/aromatic N) is 2. The molecule has 1 amide bonds. The number of methoxy groups -OCH3 is 1. The minimum atomic E-state index is -0.404. The van der Waals surface area contributed by atoms with Gasteiger partial charge in [0.25, 0.3) is 5.91 Å². The van der Waals surface area contributed by atoms with E-state index in [4.69, 9.17) is 21.4 Å². The highest BCUT2D eigenvalue weighted by molar-refractivity contribution is 7.98. The van der Waals surface area contributed by atoms with E-state index in [9.17, 15) is 4.79 Å². The molecule has 1 aromatic heterocycles. The molecule has 0 fully saturated rings. The number of hydrogen-bond acceptors (Lipinski definition) is 6. The third-order valence-electron chi connectivity index (χ3n) is 2.30. The zero-order chi connectivity index (χ0) is 14.3. The van der Waals surface area contributed by atoms with Gasteiger partial charge in [-0.1, -0.05) is 23.4 Å². The molecule has 0 aromatic carbocycles. The lowest BCUT2D eigenvalue weighted by Crippen LogP contribution is -2.39. The summed E-state index contributed by atoms with van der Waals surface area (Å²) in [7, 11) is 1.53. The first-order valence-corrected chi connectivity index (χ1v) is 7.19. The number of aromatic nitrogens is 2. The normalized spacial score (nSPS) is 12.2. The summed E-state index contributed by atoms with van der Waals surface area (Å²) in [5.41, 5.74) is 0.125. The molecule has 0 saturated carbocycles. The number of thioether (sulfide) groups is 1. The summed E-state index contributed by atoms with van der Waals surface area (Å²) in [6.07, 6.45) is 3.61. The van der Waals surface area contributed by atoms with Crippen molar-refractivity contribution in [2.75, 3.05) is 26.6 Å². The van der Waals surface area contributed by atoms with Crippen molar-refractivity contribution in [2.24, 2.45) is 0 Å². The fourth-order valence-corrected chi connectivity index (χ4v) is 1.93. The first kappa shape index (κ1) is 16.2. The van der Waals surface area contributed by atoms with Crippen LogP contribution in [-0.2, 0) is 4.74 Å². The van der Waals surface area contributed by atoms with Crippen LogP contribution in [0, 0.1) is 0 Å². The topological polar surface area (TPSA) is 84.3 Å². The molecule has 19 heavy (non-hydrogen) atoms. The molecule has 1 heterocycles. The lowest BCUT2D eigenvalue weighted by molar-refractivity contribution is 0.0873. The minimum Gasteiger partial charge on any atom is -0.396 e. The minimum absolute atomic E-state index is 0.0398. The predicted octanol–water partition coefficient (Wildman–Crippen LogP) is 0.979. The Kier molecular flexibility index (Phi) is 7.07. The highest BCUT2D eigenvalue weighted by atomic mass is 35.5. The van der Waals surface area contributed by atoms with Crippen LogP contribution in [0.4, 0.5) is 0 Å². The predicted molar refractivity (Wildman–Crippen MR) is 73.7 cm³/mol. The number of aliphatic hydroxyl groups is 1. The molecule has 1 atom stereocenters. The van der Waals surface area contributed by atoms with Gasteiger partial charge in [0.15, 0.2) is 10.9 Å². The molecule has 106 valence electrons. The maximum absolute atomic E-state index is 12.1. The van der Waals surface area contributed by atoms with Gasteiger partial charge in [-0.15, -0.1) is 0 Å². The van der Waals surface area contributed by atoms with Crippen molar-refractivity contribution in [1.29, 1.82) is 0 Å². The standard InChI is InChI=1S/C11H16ClN3O3S/c1-18-6-7(3-4-16)14-10(17)9-8(12)5-13-11(15-9)19-2/h5,7,16H,3-4,6H2,1-2H3,(H,14,17). The number of hydrogen-bond donors (Lipinski definition) is 2. The third kappa shape index (κ3) is 4.94. The Morgan fingerprint density at radius 1 is 1.68 bits per heavy atom. The molecule has 6 nitrogen and oxygen atoms in total. The maximum atomic E-state index is 12.1. The molecule has 0 spiro atoms. The smallest absolute Gasteiger partial charge is 0.271 e. The number of amides is 1. The SMILES string of the molecule is COCC(CCO)NC(=O)c1nc(SC)ncc1Cl. The summed E-state index contributed by atoms with van der Waals surface area (Å²) >= 11 is 7.23. The van der Waals surface area contributed by atoms with Crippen LogP contribution in [0.15, 0.2) is 11.4 Å². The molecule has 1 aromatic rings. The summed E-state index contributed by atoms with van der Waals surface area (Å²) in [6.45, 7) is 0.270. The van der Waals surface area contributed by atoms with E-state index in [2.05, 4.69) is 15.3 Å². The van der Waals surface area contributed by atoms with Crippen LogP contribution in [-0.4, -0.2) is 53.6 Å². The van der Waals surface area contributed by atoms with Gasteiger partial charge < -0.3 is 15.2 Å². The van der Waals surface area contributed by atoms with Crippen molar-refractivity contribution in [3.63, 3.8) is 0 Å². The molecular weight excluding hydrogens is 290 g/mol. The van der Waals surface area contributed by atoms with Crippen molar-refractivity contribution >= 4 is 29.3 Å². The molecule has 0 aliphatic rings. The summed E-state index contributed by atoms with van der Waals surface area (Å²) in [6, 6.07) is -0.286. The van der Waals surface area contributed by atoms with Gasteiger partial charge in [-0.3, -0.25) is 4.79 Å². The average molecular weight is 306 g/mol. The van der Waals surface area contributed by atoms with Crippen LogP contribution in [0.5, 0.6) is 0 Å². The Morgan fingerprint density at radius 2 is 2.42 bits per heavy atom. The van der Waals surface area contributed by atoms with E-state index in [0.717, 1.165) is 0 Å². The fraction of sp³-hybridized carbons (Fsp3) is 0.545. The molecule has 0 saturated heterocycles. The quantitative estimate of drug-likeness (QED) is 0.577. The first-order chi connectivity index (χ1) is 9.12. The van der Waals surface area contributed by atoms with E-state index in [1.54, 1.807) is 0 Å². The van der Waals surface area contributed by atoms with Crippen molar-refractivity contribution in [1.82, 2.24) is 15.3 Å². The zero-order valence-electron chi connectivity index (χ0n) is 10.7. The first-order valence-electron chi connectivity index (χ1n) is 5.59. The Balaban J connectivity index is 2.81. The molecule has 2 N–H and O–H groups in total. The second-order valence-electron chi connectivity index (χ2n) is 3.69. The van der Waals surface area contributed by atoms with Gasteiger partial charge in [0.2, 0.25) is 0 Å². The van der Waals surface area contributed by atoms with Crippen LogP contribution < -0.4 is 5.32 Å². The molecule has 0 aliphatic carbocycles. The largest absolute Gasteiger partial charge is 0.396 e. The fourth-order valence-electron chi connectivity index (χ4n) is 1.42. The van der Waals surface area contributed by atoms with E-state index in [0.29, 0.717) is 18.2 Å². The van der Waals surface area contributed by atoms with Gasteiger partial charge in [0.05, 0.1) is 23.9 Å². The Morgan fingerprint density at radius 3 is 3.00 bits per heavy atom. The number of carbonyl (C=O) groups is 1. The van der Waals surface area contributed by atoms with Gasteiger partial charge in [0.1, 0.15) is 0 Å². The highest BCUT2D eigenvalue weighted by Crippen LogP contribution is 2.16. The van der Waals surface area contributed by atoms with E-state index in [1.807, 2.05) is 6.26 Å². The Labute approximate surface area is 120 Å². The third-order valence-corrected chi connectivity index (χ3v) is 3.14. The Bertz CT molecular complexity index is 428. The summed E-state index contributed by atoms with van der Waals surface area (Å²) < 4.78 is 4.97. The van der Waals surface area contributed by atoms with Crippen molar-refractivity contribution in [3.8, 4) is 0 Å².